The first-order valence-corrected chi connectivity index (χ1v) is 9.33. The molecule has 0 amide bonds. The van der Waals surface area contributed by atoms with Crippen LogP contribution in [0.3, 0.4) is 0 Å². The quantitative estimate of drug-likeness (QED) is 0.462. The lowest BCUT2D eigenvalue weighted by atomic mass is 10.1. The van der Waals surface area contributed by atoms with Crippen LogP contribution in [-0.4, -0.2) is 25.0 Å². The molecule has 0 bridgehead atoms. The van der Waals surface area contributed by atoms with Gasteiger partial charge in [0.2, 0.25) is 0 Å². The zero-order valence-corrected chi connectivity index (χ0v) is 15.9. The van der Waals surface area contributed by atoms with Gasteiger partial charge in [0.25, 0.3) is 0 Å². The third-order valence-electron chi connectivity index (χ3n) is 4.05. The predicted molar refractivity (Wildman–Crippen MR) is 99.2 cm³/mol. The van der Waals surface area contributed by atoms with E-state index in [-0.39, 0.29) is 5.03 Å². The first kappa shape index (κ1) is 19.2. The Labute approximate surface area is 167 Å². The summed E-state index contributed by atoms with van der Waals surface area (Å²) in [4.78, 5) is 0. The molecular weight excluding hydrogens is 403 g/mol. The number of aromatic nitrogens is 5. The number of aryl methyl sites for hydroxylation is 1. The minimum Gasteiger partial charge on any atom is -0.467 e. The SMILES string of the molecule is Cc1ccc(-c2nnc(Sc3ccc(C(F)(F)F)nn3)n2Cc2ccco2)cc1. The van der Waals surface area contributed by atoms with Gasteiger partial charge < -0.3 is 4.42 Å². The number of furan rings is 1. The normalized spacial score (nSPS) is 11.7. The molecule has 0 atom stereocenters. The molecular formula is C19H14F3N5OS. The van der Waals surface area contributed by atoms with E-state index in [0.717, 1.165) is 29.0 Å². The molecule has 0 aliphatic heterocycles. The fourth-order valence-corrected chi connectivity index (χ4v) is 3.35. The summed E-state index contributed by atoms with van der Waals surface area (Å²) < 4.78 is 45.3. The van der Waals surface area contributed by atoms with Crippen molar-refractivity contribution >= 4 is 11.8 Å². The Bertz CT molecular complexity index is 1090. The second kappa shape index (κ2) is 7.70. The van der Waals surface area contributed by atoms with Gasteiger partial charge in [-0.2, -0.15) is 13.2 Å². The highest BCUT2D eigenvalue weighted by Crippen LogP contribution is 2.31. The summed E-state index contributed by atoms with van der Waals surface area (Å²) >= 11 is 1.08. The van der Waals surface area contributed by atoms with E-state index in [1.807, 2.05) is 41.8 Å². The van der Waals surface area contributed by atoms with E-state index in [4.69, 9.17) is 4.42 Å². The molecule has 148 valence electrons. The van der Waals surface area contributed by atoms with Gasteiger partial charge in [-0.05, 0) is 43.0 Å². The van der Waals surface area contributed by atoms with Crippen LogP contribution in [0, 0.1) is 6.92 Å². The van der Waals surface area contributed by atoms with Crippen LogP contribution in [0.15, 0.2) is 69.4 Å². The monoisotopic (exact) mass is 417 g/mol. The van der Waals surface area contributed by atoms with E-state index >= 15 is 0 Å². The Balaban J connectivity index is 1.68. The van der Waals surface area contributed by atoms with Crippen molar-refractivity contribution in [3.05, 3.63) is 71.8 Å². The Morgan fingerprint density at radius 1 is 0.966 bits per heavy atom. The highest BCUT2D eigenvalue weighted by Gasteiger charge is 2.33. The van der Waals surface area contributed by atoms with E-state index in [1.165, 1.54) is 6.07 Å². The number of benzene rings is 1. The standard InChI is InChI=1S/C19H14F3N5OS/c1-12-4-6-13(7-5-12)17-25-26-18(27(17)11-14-3-2-10-28-14)29-16-9-8-15(23-24-16)19(20,21)22/h2-10H,11H2,1H3. The lowest BCUT2D eigenvalue weighted by Gasteiger charge is -2.09. The number of rotatable bonds is 5. The minimum absolute atomic E-state index is 0.279. The van der Waals surface area contributed by atoms with Gasteiger partial charge in [0.05, 0.1) is 12.8 Å². The second-order valence-electron chi connectivity index (χ2n) is 6.19. The highest BCUT2D eigenvalue weighted by molar-refractivity contribution is 7.99. The summed E-state index contributed by atoms with van der Waals surface area (Å²) in [6.07, 6.45) is -2.96. The van der Waals surface area contributed by atoms with Crippen LogP contribution in [-0.2, 0) is 12.7 Å². The molecule has 0 N–H and O–H groups in total. The molecule has 0 spiro atoms. The van der Waals surface area contributed by atoms with Gasteiger partial charge in [0.15, 0.2) is 16.7 Å². The van der Waals surface area contributed by atoms with Crippen molar-refractivity contribution in [2.24, 2.45) is 0 Å². The average molecular weight is 417 g/mol. The van der Waals surface area contributed by atoms with E-state index in [0.29, 0.717) is 23.3 Å². The molecule has 0 radical (unpaired) electrons. The van der Waals surface area contributed by atoms with E-state index in [9.17, 15) is 13.2 Å². The Morgan fingerprint density at radius 3 is 2.38 bits per heavy atom. The number of hydrogen-bond acceptors (Lipinski definition) is 6. The Hall–Kier alpha value is -3.14. The molecule has 4 rings (SSSR count). The van der Waals surface area contributed by atoms with Gasteiger partial charge in [-0.25, -0.2) is 0 Å². The molecule has 0 fully saturated rings. The van der Waals surface area contributed by atoms with Crippen molar-refractivity contribution in [1.82, 2.24) is 25.0 Å². The summed E-state index contributed by atoms with van der Waals surface area (Å²) in [5, 5.41) is 16.1. The zero-order chi connectivity index (χ0) is 20.4. The molecule has 0 aliphatic rings. The van der Waals surface area contributed by atoms with Gasteiger partial charge in [-0.1, -0.05) is 29.8 Å². The van der Waals surface area contributed by atoms with Crippen molar-refractivity contribution in [3.63, 3.8) is 0 Å². The predicted octanol–water partition coefficient (Wildman–Crippen LogP) is 4.85. The van der Waals surface area contributed by atoms with E-state index in [1.54, 1.807) is 12.3 Å². The summed E-state index contributed by atoms with van der Waals surface area (Å²) in [5.74, 6) is 1.31. The highest BCUT2D eigenvalue weighted by atomic mass is 32.2. The maximum Gasteiger partial charge on any atom is 0.435 e. The molecule has 6 nitrogen and oxygen atoms in total. The van der Waals surface area contributed by atoms with Gasteiger partial charge in [0.1, 0.15) is 10.8 Å². The summed E-state index contributed by atoms with van der Waals surface area (Å²) in [5.41, 5.74) is 0.930. The second-order valence-corrected chi connectivity index (χ2v) is 7.18. The maximum atomic E-state index is 12.7. The Kier molecular flexibility index (Phi) is 5.10. The summed E-state index contributed by atoms with van der Waals surface area (Å²) in [6, 6.07) is 13.6. The Morgan fingerprint density at radius 2 is 1.76 bits per heavy atom. The number of hydrogen-bond donors (Lipinski definition) is 0. The van der Waals surface area contributed by atoms with Crippen molar-refractivity contribution in [3.8, 4) is 11.4 Å². The summed E-state index contributed by atoms with van der Waals surface area (Å²) in [7, 11) is 0. The van der Waals surface area contributed by atoms with Crippen LogP contribution in [0.5, 0.6) is 0 Å². The van der Waals surface area contributed by atoms with Crippen molar-refractivity contribution in [2.75, 3.05) is 0 Å². The number of halogens is 3. The molecule has 3 heterocycles. The molecule has 10 heteroatoms. The first-order valence-electron chi connectivity index (χ1n) is 8.51. The lowest BCUT2D eigenvalue weighted by molar-refractivity contribution is -0.141. The lowest BCUT2D eigenvalue weighted by Crippen LogP contribution is -2.09. The van der Waals surface area contributed by atoms with Crippen molar-refractivity contribution < 1.29 is 17.6 Å². The molecule has 4 aromatic rings. The molecule has 3 aromatic heterocycles. The molecule has 1 aromatic carbocycles. The fraction of sp³-hybridized carbons (Fsp3) is 0.158. The third kappa shape index (κ3) is 4.32. The van der Waals surface area contributed by atoms with Gasteiger partial charge in [-0.15, -0.1) is 20.4 Å². The summed E-state index contributed by atoms with van der Waals surface area (Å²) in [6.45, 7) is 2.35. The topological polar surface area (TPSA) is 69.6 Å². The number of alkyl halides is 3. The maximum absolute atomic E-state index is 12.7. The third-order valence-corrected chi connectivity index (χ3v) is 4.96. The van der Waals surface area contributed by atoms with Crippen molar-refractivity contribution in [2.45, 2.75) is 29.8 Å². The van der Waals surface area contributed by atoms with Crippen LogP contribution >= 0.6 is 11.8 Å². The van der Waals surface area contributed by atoms with E-state index in [2.05, 4.69) is 20.4 Å². The minimum atomic E-state index is -4.53. The van der Waals surface area contributed by atoms with Crippen molar-refractivity contribution in [1.29, 1.82) is 0 Å². The fourth-order valence-electron chi connectivity index (χ4n) is 2.60. The zero-order valence-electron chi connectivity index (χ0n) is 15.1. The van der Waals surface area contributed by atoms with E-state index < -0.39 is 11.9 Å². The molecule has 29 heavy (non-hydrogen) atoms. The van der Waals surface area contributed by atoms with Gasteiger partial charge >= 0.3 is 6.18 Å². The molecule has 0 saturated carbocycles. The van der Waals surface area contributed by atoms with Crippen LogP contribution in [0.1, 0.15) is 17.0 Å². The van der Waals surface area contributed by atoms with Crippen LogP contribution in [0.4, 0.5) is 13.2 Å². The van der Waals surface area contributed by atoms with Gasteiger partial charge in [0, 0.05) is 5.56 Å². The first-order chi connectivity index (χ1) is 13.9. The van der Waals surface area contributed by atoms with Crippen LogP contribution < -0.4 is 0 Å². The van der Waals surface area contributed by atoms with Gasteiger partial charge in [-0.3, -0.25) is 4.57 Å². The van der Waals surface area contributed by atoms with Crippen LogP contribution in [0.2, 0.25) is 0 Å². The van der Waals surface area contributed by atoms with Crippen LogP contribution in [0.25, 0.3) is 11.4 Å². The smallest absolute Gasteiger partial charge is 0.435 e. The molecule has 0 unspecified atom stereocenters. The largest absolute Gasteiger partial charge is 0.467 e. The molecule has 0 aliphatic carbocycles. The molecule has 0 saturated heterocycles. The number of nitrogens with zero attached hydrogens (tertiary/aromatic N) is 5. The average Bonchev–Trinajstić information content (AvgIpc) is 3.33.